The van der Waals surface area contributed by atoms with E-state index >= 15 is 0 Å². The van der Waals surface area contributed by atoms with Gasteiger partial charge in [-0.15, -0.1) is 11.3 Å². The molecule has 3 nitrogen and oxygen atoms in total. The second-order valence-electron chi connectivity index (χ2n) is 5.54. The van der Waals surface area contributed by atoms with Gasteiger partial charge in [-0.25, -0.2) is 4.98 Å². The number of amides is 1. The predicted octanol–water partition coefficient (Wildman–Crippen LogP) is 3.50. The molecule has 1 aromatic heterocycles. The summed E-state index contributed by atoms with van der Waals surface area (Å²) in [6.07, 6.45) is 6.11. The molecule has 1 aliphatic heterocycles. The van der Waals surface area contributed by atoms with E-state index in [0.717, 1.165) is 37.9 Å². The van der Waals surface area contributed by atoms with E-state index in [2.05, 4.69) is 23.7 Å². The van der Waals surface area contributed by atoms with Gasteiger partial charge in [-0.3, -0.25) is 4.79 Å². The highest BCUT2D eigenvalue weighted by Gasteiger charge is 2.30. The van der Waals surface area contributed by atoms with E-state index in [4.69, 9.17) is 0 Å². The van der Waals surface area contributed by atoms with Gasteiger partial charge >= 0.3 is 0 Å². The van der Waals surface area contributed by atoms with E-state index < -0.39 is 0 Å². The lowest BCUT2D eigenvalue weighted by Crippen LogP contribution is -2.47. The first kappa shape index (κ1) is 14.5. The van der Waals surface area contributed by atoms with E-state index in [1.807, 2.05) is 10.9 Å². The number of piperidine rings is 1. The highest BCUT2D eigenvalue weighted by atomic mass is 32.1. The number of hydrogen-bond donors (Lipinski definition) is 0. The van der Waals surface area contributed by atoms with Crippen molar-refractivity contribution in [3.63, 3.8) is 0 Å². The fourth-order valence-electron chi connectivity index (χ4n) is 3.03. The molecule has 1 aromatic rings. The molecule has 2 atom stereocenters. The molecule has 4 heteroatoms. The highest BCUT2D eigenvalue weighted by Crippen LogP contribution is 2.27. The summed E-state index contributed by atoms with van der Waals surface area (Å²) < 4.78 is 0. The number of aryl methyl sites for hydroxylation is 1. The molecule has 1 amide bonds. The average molecular weight is 280 g/mol. The van der Waals surface area contributed by atoms with Gasteiger partial charge in [0.25, 0.3) is 0 Å². The van der Waals surface area contributed by atoms with Crippen LogP contribution in [0.5, 0.6) is 0 Å². The maximum atomic E-state index is 12.4. The SMILES string of the molecule is CCCC1C(C)CCCN1C(=O)CCc1cscn1. The third-order valence-corrected chi connectivity index (χ3v) is 4.73. The second kappa shape index (κ2) is 7.04. The van der Waals surface area contributed by atoms with Crippen LogP contribution < -0.4 is 0 Å². The van der Waals surface area contributed by atoms with Crippen LogP contribution in [0.15, 0.2) is 10.9 Å². The fourth-order valence-corrected chi connectivity index (χ4v) is 3.63. The highest BCUT2D eigenvalue weighted by molar-refractivity contribution is 7.07. The normalized spacial score (nSPS) is 23.6. The minimum atomic E-state index is 0.318. The number of carbonyl (C=O) groups is 1. The van der Waals surface area contributed by atoms with Gasteiger partial charge in [0.2, 0.25) is 5.91 Å². The summed E-state index contributed by atoms with van der Waals surface area (Å²) in [6.45, 7) is 5.45. The molecule has 2 unspecified atom stereocenters. The maximum absolute atomic E-state index is 12.4. The summed E-state index contributed by atoms with van der Waals surface area (Å²) in [5, 5.41) is 2.04. The number of nitrogens with zero attached hydrogens (tertiary/aromatic N) is 2. The molecule has 0 bridgehead atoms. The Bertz CT molecular complexity index is 391. The van der Waals surface area contributed by atoms with Gasteiger partial charge in [-0.05, 0) is 31.6 Å². The molecule has 106 valence electrons. The van der Waals surface area contributed by atoms with E-state index in [9.17, 15) is 4.79 Å². The fraction of sp³-hybridized carbons (Fsp3) is 0.733. The lowest BCUT2D eigenvalue weighted by atomic mass is 9.87. The van der Waals surface area contributed by atoms with Crippen LogP contribution >= 0.6 is 11.3 Å². The summed E-state index contributed by atoms with van der Waals surface area (Å²) in [5.41, 5.74) is 2.89. The largest absolute Gasteiger partial charge is 0.339 e. The Kier molecular flexibility index (Phi) is 5.37. The van der Waals surface area contributed by atoms with Gasteiger partial charge < -0.3 is 4.90 Å². The van der Waals surface area contributed by atoms with E-state index in [0.29, 0.717) is 24.3 Å². The second-order valence-corrected chi connectivity index (χ2v) is 6.26. The summed E-state index contributed by atoms with van der Waals surface area (Å²) in [7, 11) is 0. The average Bonchev–Trinajstić information content (AvgIpc) is 2.92. The summed E-state index contributed by atoms with van der Waals surface area (Å²) in [5.74, 6) is 0.968. The molecule has 1 saturated heterocycles. The molecule has 0 N–H and O–H groups in total. The smallest absolute Gasteiger partial charge is 0.223 e. The molecule has 1 aliphatic rings. The predicted molar refractivity (Wildman–Crippen MR) is 79.2 cm³/mol. The molecule has 1 fully saturated rings. The Morgan fingerprint density at radius 1 is 1.58 bits per heavy atom. The summed E-state index contributed by atoms with van der Waals surface area (Å²) >= 11 is 1.60. The van der Waals surface area contributed by atoms with E-state index in [-0.39, 0.29) is 0 Å². The summed E-state index contributed by atoms with van der Waals surface area (Å²) in [4.78, 5) is 18.8. The first-order valence-electron chi connectivity index (χ1n) is 7.39. The molecule has 0 spiro atoms. The van der Waals surface area contributed by atoms with Crippen LogP contribution in [0.25, 0.3) is 0 Å². The van der Waals surface area contributed by atoms with Crippen LogP contribution in [0, 0.1) is 5.92 Å². The van der Waals surface area contributed by atoms with Crippen molar-refractivity contribution < 1.29 is 4.79 Å². The van der Waals surface area contributed by atoms with Gasteiger partial charge in [-0.2, -0.15) is 0 Å². The number of thiazole rings is 1. The van der Waals surface area contributed by atoms with Crippen molar-refractivity contribution in [1.29, 1.82) is 0 Å². The molecular formula is C15H24N2OS. The van der Waals surface area contributed by atoms with Crippen LogP contribution in [0.4, 0.5) is 0 Å². The quantitative estimate of drug-likeness (QED) is 0.827. The Labute approximate surface area is 120 Å². The third kappa shape index (κ3) is 3.78. The number of carbonyl (C=O) groups excluding carboxylic acids is 1. The van der Waals surface area contributed by atoms with Crippen LogP contribution in [0.2, 0.25) is 0 Å². The van der Waals surface area contributed by atoms with Crippen molar-refractivity contribution in [2.75, 3.05) is 6.54 Å². The zero-order valence-corrected chi connectivity index (χ0v) is 12.8. The van der Waals surface area contributed by atoms with Crippen molar-refractivity contribution in [3.8, 4) is 0 Å². The molecule has 0 aromatic carbocycles. The maximum Gasteiger partial charge on any atom is 0.223 e. The van der Waals surface area contributed by atoms with Crippen molar-refractivity contribution >= 4 is 17.2 Å². The molecule has 2 heterocycles. The number of hydrogen-bond acceptors (Lipinski definition) is 3. The monoisotopic (exact) mass is 280 g/mol. The molecule has 19 heavy (non-hydrogen) atoms. The molecule has 0 radical (unpaired) electrons. The van der Waals surface area contributed by atoms with Crippen molar-refractivity contribution in [3.05, 3.63) is 16.6 Å². The summed E-state index contributed by atoms with van der Waals surface area (Å²) in [6, 6.07) is 0.460. The van der Waals surface area contributed by atoms with Gasteiger partial charge in [0, 0.05) is 24.4 Å². The van der Waals surface area contributed by atoms with Crippen molar-refractivity contribution in [2.45, 2.75) is 58.4 Å². The lowest BCUT2D eigenvalue weighted by molar-refractivity contribution is -0.136. The Balaban J connectivity index is 1.91. The zero-order valence-electron chi connectivity index (χ0n) is 12.0. The minimum Gasteiger partial charge on any atom is -0.339 e. The van der Waals surface area contributed by atoms with Crippen molar-refractivity contribution in [1.82, 2.24) is 9.88 Å². The number of aromatic nitrogens is 1. The van der Waals surface area contributed by atoms with Gasteiger partial charge in [0.05, 0.1) is 11.2 Å². The topological polar surface area (TPSA) is 33.2 Å². The van der Waals surface area contributed by atoms with Crippen LogP contribution in [-0.4, -0.2) is 28.4 Å². The standard InChI is InChI=1S/C15H24N2OS/c1-3-5-14-12(2)6-4-9-17(14)15(18)8-7-13-10-19-11-16-13/h10-12,14H,3-9H2,1-2H3. The van der Waals surface area contributed by atoms with Gasteiger partial charge in [0.15, 0.2) is 0 Å². The minimum absolute atomic E-state index is 0.318. The van der Waals surface area contributed by atoms with Crippen molar-refractivity contribution in [2.24, 2.45) is 5.92 Å². The zero-order chi connectivity index (χ0) is 13.7. The van der Waals surface area contributed by atoms with Crippen LogP contribution in [-0.2, 0) is 11.2 Å². The van der Waals surface area contributed by atoms with E-state index in [1.165, 1.54) is 6.42 Å². The van der Waals surface area contributed by atoms with Crippen LogP contribution in [0.3, 0.4) is 0 Å². The van der Waals surface area contributed by atoms with Gasteiger partial charge in [0.1, 0.15) is 0 Å². The molecule has 2 rings (SSSR count). The van der Waals surface area contributed by atoms with E-state index in [1.54, 1.807) is 11.3 Å². The molecule has 0 aliphatic carbocycles. The number of likely N-dealkylation sites (tertiary alicyclic amines) is 1. The Morgan fingerprint density at radius 3 is 3.11 bits per heavy atom. The Morgan fingerprint density at radius 2 is 2.42 bits per heavy atom. The Hall–Kier alpha value is -0.900. The molecular weight excluding hydrogens is 256 g/mol. The van der Waals surface area contributed by atoms with Crippen LogP contribution in [0.1, 0.15) is 51.6 Å². The number of rotatable bonds is 5. The third-order valence-electron chi connectivity index (χ3n) is 4.10. The lowest BCUT2D eigenvalue weighted by Gasteiger charge is -2.40. The van der Waals surface area contributed by atoms with Gasteiger partial charge in [-0.1, -0.05) is 20.3 Å². The molecule has 0 saturated carbocycles. The first-order chi connectivity index (χ1) is 9.22. The first-order valence-corrected chi connectivity index (χ1v) is 8.33.